The number of primary amides is 1. The monoisotopic (exact) mass is 305 g/mol. The standard InChI is InChI=1S/C18H12FN3O/c19-15-3-1-2-13(8-15)17-11-22(10-14(17)9-20)16-6-4-12(5-7-16)18(21)23/h1-8,10-11H,(H2,21,23). The van der Waals surface area contributed by atoms with Gasteiger partial charge in [-0.05, 0) is 42.0 Å². The molecule has 112 valence electrons. The smallest absolute Gasteiger partial charge is 0.248 e. The lowest BCUT2D eigenvalue weighted by atomic mass is 10.1. The summed E-state index contributed by atoms with van der Waals surface area (Å²) in [6.45, 7) is 0. The molecule has 0 bridgehead atoms. The Hall–Kier alpha value is -3.39. The summed E-state index contributed by atoms with van der Waals surface area (Å²) in [4.78, 5) is 11.1. The molecule has 5 heteroatoms. The molecule has 3 rings (SSSR count). The van der Waals surface area contributed by atoms with Crippen molar-refractivity contribution in [3.63, 3.8) is 0 Å². The largest absolute Gasteiger partial charge is 0.366 e. The lowest BCUT2D eigenvalue weighted by Gasteiger charge is -2.03. The number of halogens is 1. The van der Waals surface area contributed by atoms with Crippen LogP contribution < -0.4 is 5.73 Å². The van der Waals surface area contributed by atoms with Gasteiger partial charge in [0.15, 0.2) is 0 Å². The van der Waals surface area contributed by atoms with Gasteiger partial charge >= 0.3 is 0 Å². The van der Waals surface area contributed by atoms with Gasteiger partial charge in [0.2, 0.25) is 5.91 Å². The molecule has 2 aromatic carbocycles. The number of aromatic nitrogens is 1. The zero-order valence-corrected chi connectivity index (χ0v) is 12.0. The molecule has 0 aliphatic carbocycles. The molecule has 1 aromatic heterocycles. The quantitative estimate of drug-likeness (QED) is 0.806. The average molecular weight is 305 g/mol. The summed E-state index contributed by atoms with van der Waals surface area (Å²) in [5.41, 5.74) is 8.12. The van der Waals surface area contributed by atoms with Gasteiger partial charge in [0.25, 0.3) is 0 Å². The van der Waals surface area contributed by atoms with E-state index in [1.54, 1.807) is 53.4 Å². The van der Waals surface area contributed by atoms with Crippen LogP contribution >= 0.6 is 0 Å². The number of nitriles is 1. The highest BCUT2D eigenvalue weighted by atomic mass is 19.1. The minimum atomic E-state index is -0.498. The molecule has 0 saturated carbocycles. The molecule has 0 unspecified atom stereocenters. The number of amides is 1. The number of benzene rings is 2. The topological polar surface area (TPSA) is 71.8 Å². The fraction of sp³-hybridized carbons (Fsp3) is 0. The van der Waals surface area contributed by atoms with Crippen molar-refractivity contribution in [1.82, 2.24) is 4.57 Å². The summed E-state index contributed by atoms with van der Waals surface area (Å²) in [6.07, 6.45) is 3.42. The first-order chi connectivity index (χ1) is 11.1. The van der Waals surface area contributed by atoms with Crippen LogP contribution in [0.4, 0.5) is 4.39 Å². The molecule has 0 fully saturated rings. The Morgan fingerprint density at radius 3 is 2.48 bits per heavy atom. The van der Waals surface area contributed by atoms with Crippen molar-refractivity contribution in [2.45, 2.75) is 0 Å². The number of carbonyl (C=O) groups is 1. The van der Waals surface area contributed by atoms with Crippen LogP contribution in [-0.2, 0) is 0 Å². The van der Waals surface area contributed by atoms with Crippen molar-refractivity contribution in [3.05, 3.63) is 77.9 Å². The fourth-order valence-electron chi connectivity index (χ4n) is 2.38. The predicted octanol–water partition coefficient (Wildman–Crippen LogP) is 3.25. The summed E-state index contributed by atoms with van der Waals surface area (Å²) in [5, 5.41) is 9.31. The van der Waals surface area contributed by atoms with Crippen molar-refractivity contribution in [2.24, 2.45) is 5.73 Å². The molecule has 0 spiro atoms. The SMILES string of the molecule is N#Cc1cn(-c2ccc(C(N)=O)cc2)cc1-c1cccc(F)c1. The number of hydrogen-bond donors (Lipinski definition) is 1. The van der Waals surface area contributed by atoms with E-state index in [0.717, 1.165) is 5.69 Å². The predicted molar refractivity (Wildman–Crippen MR) is 84.4 cm³/mol. The maximum atomic E-state index is 13.4. The second-order valence-corrected chi connectivity index (χ2v) is 5.03. The van der Waals surface area contributed by atoms with E-state index in [-0.39, 0.29) is 5.82 Å². The first-order valence-electron chi connectivity index (χ1n) is 6.87. The molecule has 0 atom stereocenters. The third kappa shape index (κ3) is 2.83. The van der Waals surface area contributed by atoms with E-state index >= 15 is 0 Å². The van der Waals surface area contributed by atoms with Crippen LogP contribution in [0.5, 0.6) is 0 Å². The van der Waals surface area contributed by atoms with Gasteiger partial charge in [-0.2, -0.15) is 5.26 Å². The number of rotatable bonds is 3. The van der Waals surface area contributed by atoms with Crippen LogP contribution in [-0.4, -0.2) is 10.5 Å². The Kier molecular flexibility index (Phi) is 3.65. The van der Waals surface area contributed by atoms with Gasteiger partial charge in [-0.25, -0.2) is 4.39 Å². The lowest BCUT2D eigenvalue weighted by molar-refractivity contribution is 0.100. The molecule has 4 nitrogen and oxygen atoms in total. The average Bonchev–Trinajstić information content (AvgIpc) is 2.99. The van der Waals surface area contributed by atoms with Crippen LogP contribution in [0, 0.1) is 17.1 Å². The molecule has 0 aliphatic heterocycles. The van der Waals surface area contributed by atoms with E-state index in [1.165, 1.54) is 12.1 Å². The highest BCUT2D eigenvalue weighted by Crippen LogP contribution is 2.26. The minimum absolute atomic E-state index is 0.357. The first kappa shape index (κ1) is 14.5. The summed E-state index contributed by atoms with van der Waals surface area (Å²) in [6, 6.07) is 14.9. The summed E-state index contributed by atoms with van der Waals surface area (Å²) in [7, 11) is 0. The Morgan fingerprint density at radius 2 is 1.87 bits per heavy atom. The van der Waals surface area contributed by atoms with Crippen LogP contribution in [0.25, 0.3) is 16.8 Å². The van der Waals surface area contributed by atoms with Gasteiger partial charge in [-0.15, -0.1) is 0 Å². The van der Waals surface area contributed by atoms with E-state index in [1.807, 2.05) is 0 Å². The zero-order chi connectivity index (χ0) is 16.4. The molecular formula is C18H12FN3O. The summed E-state index contributed by atoms with van der Waals surface area (Å²) < 4.78 is 15.2. The van der Waals surface area contributed by atoms with E-state index in [9.17, 15) is 14.4 Å². The van der Waals surface area contributed by atoms with E-state index in [2.05, 4.69) is 6.07 Å². The molecule has 1 heterocycles. The normalized spacial score (nSPS) is 10.3. The molecule has 1 amide bonds. The summed E-state index contributed by atoms with van der Waals surface area (Å²) in [5.74, 6) is -0.854. The van der Waals surface area contributed by atoms with Crippen LogP contribution in [0.1, 0.15) is 15.9 Å². The van der Waals surface area contributed by atoms with E-state index < -0.39 is 5.91 Å². The van der Waals surface area contributed by atoms with Gasteiger partial charge in [0.05, 0.1) is 5.56 Å². The van der Waals surface area contributed by atoms with Crippen LogP contribution in [0.15, 0.2) is 60.9 Å². The molecule has 23 heavy (non-hydrogen) atoms. The third-order valence-corrected chi connectivity index (χ3v) is 3.53. The van der Waals surface area contributed by atoms with Crippen molar-refractivity contribution < 1.29 is 9.18 Å². The number of carbonyl (C=O) groups excluding carboxylic acids is 1. The van der Waals surface area contributed by atoms with E-state index in [0.29, 0.717) is 22.3 Å². The molecular weight excluding hydrogens is 293 g/mol. The van der Waals surface area contributed by atoms with Crippen LogP contribution in [0.3, 0.4) is 0 Å². The van der Waals surface area contributed by atoms with Crippen molar-refractivity contribution in [1.29, 1.82) is 5.26 Å². The lowest BCUT2D eigenvalue weighted by Crippen LogP contribution is -2.10. The Morgan fingerprint density at radius 1 is 1.13 bits per heavy atom. The fourth-order valence-corrected chi connectivity index (χ4v) is 2.38. The summed E-state index contributed by atoms with van der Waals surface area (Å²) >= 11 is 0. The van der Waals surface area contributed by atoms with Gasteiger partial charge < -0.3 is 10.3 Å². The molecule has 2 N–H and O–H groups in total. The Labute approximate surface area is 132 Å². The maximum absolute atomic E-state index is 13.4. The minimum Gasteiger partial charge on any atom is -0.366 e. The van der Waals surface area contributed by atoms with Gasteiger partial charge in [-0.3, -0.25) is 4.79 Å². The van der Waals surface area contributed by atoms with Crippen molar-refractivity contribution >= 4 is 5.91 Å². The van der Waals surface area contributed by atoms with E-state index in [4.69, 9.17) is 5.73 Å². The van der Waals surface area contributed by atoms with Crippen molar-refractivity contribution in [2.75, 3.05) is 0 Å². The first-order valence-corrected chi connectivity index (χ1v) is 6.87. The van der Waals surface area contributed by atoms with Gasteiger partial charge in [0, 0.05) is 29.2 Å². The van der Waals surface area contributed by atoms with Crippen molar-refractivity contribution in [3.8, 4) is 22.9 Å². The highest BCUT2D eigenvalue weighted by molar-refractivity contribution is 5.92. The molecule has 3 aromatic rings. The zero-order valence-electron chi connectivity index (χ0n) is 12.0. The number of nitrogens with zero attached hydrogens (tertiary/aromatic N) is 2. The second-order valence-electron chi connectivity index (χ2n) is 5.03. The maximum Gasteiger partial charge on any atom is 0.248 e. The number of hydrogen-bond acceptors (Lipinski definition) is 2. The van der Waals surface area contributed by atoms with Gasteiger partial charge in [0.1, 0.15) is 11.9 Å². The third-order valence-electron chi connectivity index (χ3n) is 3.53. The molecule has 0 saturated heterocycles. The highest BCUT2D eigenvalue weighted by Gasteiger charge is 2.11. The Balaban J connectivity index is 2.05. The molecule has 0 radical (unpaired) electrons. The van der Waals surface area contributed by atoms with Gasteiger partial charge in [-0.1, -0.05) is 12.1 Å². The number of nitrogens with two attached hydrogens (primary N) is 1. The Bertz CT molecular complexity index is 920. The van der Waals surface area contributed by atoms with Crippen LogP contribution in [0.2, 0.25) is 0 Å². The molecule has 0 aliphatic rings. The second kappa shape index (κ2) is 5.78.